The van der Waals surface area contributed by atoms with Gasteiger partial charge in [-0.2, -0.15) is 13.2 Å². The van der Waals surface area contributed by atoms with Gasteiger partial charge in [-0.3, -0.25) is 4.79 Å². The van der Waals surface area contributed by atoms with Gasteiger partial charge in [0, 0.05) is 17.7 Å². The van der Waals surface area contributed by atoms with Crippen molar-refractivity contribution in [2.45, 2.75) is 6.18 Å². The molecule has 4 nitrogen and oxygen atoms in total. The van der Waals surface area contributed by atoms with Crippen LogP contribution in [0.15, 0.2) is 35.9 Å². The Kier molecular flexibility index (Phi) is 5.06. The number of methoxy groups -OCH3 is 2. The zero-order valence-electron chi connectivity index (χ0n) is 14.3. The summed E-state index contributed by atoms with van der Waals surface area (Å²) in [5.74, 6) is 0.616. The molecule has 1 aliphatic rings. The van der Waals surface area contributed by atoms with Crippen molar-refractivity contribution in [1.82, 2.24) is 0 Å². The number of rotatable bonds is 3. The zero-order chi connectivity index (χ0) is 19.8. The van der Waals surface area contributed by atoms with Crippen molar-refractivity contribution in [3.63, 3.8) is 0 Å². The summed E-state index contributed by atoms with van der Waals surface area (Å²) in [7, 11) is 2.87. The summed E-state index contributed by atoms with van der Waals surface area (Å²) < 4.78 is 55.0. The molecule has 0 saturated carbocycles. The summed E-state index contributed by atoms with van der Waals surface area (Å²) in [5.41, 5.74) is -0.387. The molecular formula is C19H14ClF3O4. The second-order valence-electron chi connectivity index (χ2n) is 5.73. The molecule has 0 radical (unpaired) electrons. The van der Waals surface area contributed by atoms with E-state index in [0.29, 0.717) is 11.5 Å². The van der Waals surface area contributed by atoms with E-state index < -0.39 is 16.8 Å². The molecule has 0 amide bonds. The maximum Gasteiger partial charge on any atom is 0.417 e. The summed E-state index contributed by atoms with van der Waals surface area (Å²) in [4.78, 5) is 12.8. The SMILES string of the molecule is COc1cc(OC)c2c(c1)OC/C(=C\c1ccc(Cl)c(C(F)(F)F)c1)C2=O. The van der Waals surface area contributed by atoms with Crippen LogP contribution in [0.25, 0.3) is 6.08 Å². The van der Waals surface area contributed by atoms with Crippen molar-refractivity contribution in [3.05, 3.63) is 57.6 Å². The molecule has 2 aromatic rings. The number of alkyl halides is 3. The number of ketones is 1. The van der Waals surface area contributed by atoms with Gasteiger partial charge in [-0.1, -0.05) is 17.7 Å². The number of halogens is 4. The molecule has 0 aliphatic carbocycles. The van der Waals surface area contributed by atoms with Gasteiger partial charge < -0.3 is 14.2 Å². The van der Waals surface area contributed by atoms with Gasteiger partial charge in [0.15, 0.2) is 5.78 Å². The predicted molar refractivity (Wildman–Crippen MR) is 93.8 cm³/mol. The fraction of sp³-hybridized carbons (Fsp3) is 0.211. The Morgan fingerprint density at radius 3 is 2.52 bits per heavy atom. The van der Waals surface area contributed by atoms with Gasteiger partial charge >= 0.3 is 6.18 Å². The van der Waals surface area contributed by atoms with E-state index in [2.05, 4.69) is 0 Å². The number of carbonyl (C=O) groups is 1. The smallest absolute Gasteiger partial charge is 0.417 e. The molecule has 0 saturated heterocycles. The Balaban J connectivity index is 2.03. The second-order valence-corrected chi connectivity index (χ2v) is 6.13. The lowest BCUT2D eigenvalue weighted by Gasteiger charge is -2.22. The molecule has 8 heteroatoms. The molecule has 27 heavy (non-hydrogen) atoms. The van der Waals surface area contributed by atoms with Crippen LogP contribution in [0.5, 0.6) is 17.2 Å². The lowest BCUT2D eigenvalue weighted by molar-refractivity contribution is -0.137. The average Bonchev–Trinajstić information content (AvgIpc) is 2.63. The first-order valence-electron chi connectivity index (χ1n) is 7.75. The lowest BCUT2D eigenvalue weighted by Crippen LogP contribution is -2.20. The molecule has 0 N–H and O–H groups in total. The van der Waals surface area contributed by atoms with Crippen molar-refractivity contribution >= 4 is 23.5 Å². The minimum Gasteiger partial charge on any atom is -0.496 e. The van der Waals surface area contributed by atoms with Gasteiger partial charge in [0.25, 0.3) is 0 Å². The van der Waals surface area contributed by atoms with Crippen molar-refractivity contribution in [3.8, 4) is 17.2 Å². The van der Waals surface area contributed by atoms with Crippen LogP contribution in [0, 0.1) is 0 Å². The van der Waals surface area contributed by atoms with E-state index in [1.54, 1.807) is 6.07 Å². The maximum atomic E-state index is 13.0. The highest BCUT2D eigenvalue weighted by atomic mass is 35.5. The van der Waals surface area contributed by atoms with Gasteiger partial charge in [0.2, 0.25) is 0 Å². The standard InChI is InChI=1S/C19H14ClF3O4/c1-25-12-7-15(26-2)17-16(8-12)27-9-11(18(17)24)5-10-3-4-14(20)13(6-10)19(21,22)23/h3-8H,9H2,1-2H3/b11-5+. The highest BCUT2D eigenvalue weighted by Gasteiger charge is 2.33. The number of benzene rings is 2. The van der Waals surface area contributed by atoms with Crippen LogP contribution < -0.4 is 14.2 Å². The Bertz CT molecular complexity index is 918. The summed E-state index contributed by atoms with van der Waals surface area (Å²) >= 11 is 5.63. The normalized spacial score (nSPS) is 15.3. The Morgan fingerprint density at radius 2 is 1.89 bits per heavy atom. The number of fused-ring (bicyclic) bond motifs is 1. The van der Waals surface area contributed by atoms with Crippen molar-refractivity contribution in [2.75, 3.05) is 20.8 Å². The third-order valence-corrected chi connectivity index (χ3v) is 4.36. The molecule has 0 atom stereocenters. The lowest BCUT2D eigenvalue weighted by atomic mass is 9.97. The minimum absolute atomic E-state index is 0.0911. The second kappa shape index (κ2) is 7.15. The van der Waals surface area contributed by atoms with E-state index in [9.17, 15) is 18.0 Å². The number of hydrogen-bond donors (Lipinski definition) is 0. The van der Waals surface area contributed by atoms with Gasteiger partial charge in [-0.25, -0.2) is 0 Å². The molecule has 0 spiro atoms. The van der Waals surface area contributed by atoms with Crippen LogP contribution in [-0.4, -0.2) is 26.6 Å². The van der Waals surface area contributed by atoms with Gasteiger partial charge in [-0.05, 0) is 23.8 Å². The van der Waals surface area contributed by atoms with Crippen LogP contribution >= 0.6 is 11.6 Å². The van der Waals surface area contributed by atoms with Crippen LogP contribution in [-0.2, 0) is 6.18 Å². The fourth-order valence-corrected chi connectivity index (χ4v) is 2.95. The van der Waals surface area contributed by atoms with Crippen molar-refractivity contribution in [2.24, 2.45) is 0 Å². The Labute approximate surface area is 158 Å². The van der Waals surface area contributed by atoms with E-state index in [-0.39, 0.29) is 34.8 Å². The number of ether oxygens (including phenoxy) is 3. The van der Waals surface area contributed by atoms with Crippen molar-refractivity contribution in [1.29, 1.82) is 0 Å². The monoisotopic (exact) mass is 398 g/mol. The third-order valence-electron chi connectivity index (χ3n) is 4.03. The molecule has 1 heterocycles. The van der Waals surface area contributed by atoms with E-state index >= 15 is 0 Å². The van der Waals surface area contributed by atoms with Crippen LogP contribution in [0.2, 0.25) is 5.02 Å². The molecule has 0 bridgehead atoms. The molecule has 0 unspecified atom stereocenters. The first-order chi connectivity index (χ1) is 12.7. The van der Waals surface area contributed by atoms with Crippen LogP contribution in [0.1, 0.15) is 21.5 Å². The van der Waals surface area contributed by atoms with Gasteiger partial charge in [-0.15, -0.1) is 0 Å². The average molecular weight is 399 g/mol. The van der Waals surface area contributed by atoms with Gasteiger partial charge in [0.1, 0.15) is 29.4 Å². The molecule has 0 fully saturated rings. The highest BCUT2D eigenvalue weighted by molar-refractivity contribution is 6.31. The van der Waals surface area contributed by atoms with Crippen molar-refractivity contribution < 1.29 is 32.2 Å². The third kappa shape index (κ3) is 3.73. The summed E-state index contributed by atoms with van der Waals surface area (Å²) in [6.07, 6.45) is -3.24. The van der Waals surface area contributed by atoms with E-state index in [1.807, 2.05) is 0 Å². The number of Topliss-reactive ketones (excluding diaryl/α,β-unsaturated/α-hetero) is 1. The van der Waals surface area contributed by atoms with Crippen LogP contribution in [0.3, 0.4) is 0 Å². The zero-order valence-corrected chi connectivity index (χ0v) is 15.1. The fourth-order valence-electron chi connectivity index (χ4n) is 2.72. The molecule has 1 aliphatic heterocycles. The maximum absolute atomic E-state index is 13.0. The minimum atomic E-state index is -4.59. The largest absolute Gasteiger partial charge is 0.496 e. The van der Waals surface area contributed by atoms with Gasteiger partial charge in [0.05, 0.1) is 24.8 Å². The predicted octanol–water partition coefficient (Wildman–Crippen LogP) is 5.03. The quantitative estimate of drug-likeness (QED) is 0.680. The molecular weight excluding hydrogens is 385 g/mol. The summed E-state index contributed by atoms with van der Waals surface area (Å²) in [6, 6.07) is 6.52. The number of hydrogen-bond acceptors (Lipinski definition) is 4. The Hall–Kier alpha value is -2.67. The molecule has 142 valence electrons. The van der Waals surface area contributed by atoms with E-state index in [1.165, 1.54) is 32.4 Å². The van der Waals surface area contributed by atoms with E-state index in [0.717, 1.165) is 12.1 Å². The Morgan fingerprint density at radius 1 is 1.15 bits per heavy atom. The first kappa shape index (κ1) is 19.1. The summed E-state index contributed by atoms with van der Waals surface area (Å²) in [5, 5.41) is -0.407. The topological polar surface area (TPSA) is 44.8 Å². The van der Waals surface area contributed by atoms with Crippen LogP contribution in [0.4, 0.5) is 13.2 Å². The highest BCUT2D eigenvalue weighted by Crippen LogP contribution is 2.39. The molecule has 2 aromatic carbocycles. The molecule has 3 rings (SSSR count). The van der Waals surface area contributed by atoms with E-state index in [4.69, 9.17) is 25.8 Å². The summed E-state index contributed by atoms with van der Waals surface area (Å²) in [6.45, 7) is -0.0911. The first-order valence-corrected chi connectivity index (χ1v) is 8.13. The number of carbonyl (C=O) groups excluding carboxylic acids is 1. The molecule has 0 aromatic heterocycles.